The van der Waals surface area contributed by atoms with E-state index in [0.29, 0.717) is 0 Å². The SMILES string of the molecule is [O]=[Rh].[O]=[Ti]=[O]. The van der Waals surface area contributed by atoms with E-state index in [1.807, 2.05) is 0 Å². The third kappa shape index (κ3) is 65.3. The summed E-state index contributed by atoms with van der Waals surface area (Å²) in [5.74, 6) is 0. The fourth-order valence-corrected chi connectivity index (χ4v) is 0. The Hall–Kier alpha value is 0.738. The molecular formula is O3RhTi. The van der Waals surface area contributed by atoms with E-state index in [0.717, 1.165) is 0 Å². The van der Waals surface area contributed by atoms with Gasteiger partial charge in [0.05, 0.1) is 0 Å². The third-order valence-corrected chi connectivity index (χ3v) is 0. The molecule has 0 fully saturated rings. The Morgan fingerprint density at radius 1 is 1.20 bits per heavy atom. The molecule has 0 unspecified atom stereocenters. The Balaban J connectivity index is 0. The summed E-state index contributed by atoms with van der Waals surface area (Å²) < 4.78 is 25.1. The Kier molecular flexibility index (Phi) is 40.4. The van der Waals surface area contributed by atoms with Crippen molar-refractivity contribution in [3.05, 3.63) is 0 Å². The van der Waals surface area contributed by atoms with Crippen LogP contribution in [0.2, 0.25) is 0 Å². The molecule has 0 amide bonds. The van der Waals surface area contributed by atoms with Crippen molar-refractivity contribution in [2.45, 2.75) is 0 Å². The summed E-state index contributed by atoms with van der Waals surface area (Å²) in [5, 5.41) is 0. The van der Waals surface area contributed by atoms with Crippen molar-refractivity contribution in [2.24, 2.45) is 0 Å². The van der Waals surface area contributed by atoms with Crippen LogP contribution in [0.25, 0.3) is 0 Å². The first kappa shape index (κ1) is 9.22. The molecule has 0 atom stereocenters. The molecule has 5 heteroatoms. The summed E-state index contributed by atoms with van der Waals surface area (Å²) in [6, 6.07) is 0. The molecule has 3 nitrogen and oxygen atoms in total. The van der Waals surface area contributed by atoms with Crippen LogP contribution in [0, 0.1) is 0 Å². The first-order valence-electron chi connectivity index (χ1n) is 0.544. The molecule has 0 heterocycles. The van der Waals surface area contributed by atoms with Crippen molar-refractivity contribution >= 4 is 0 Å². The molecule has 0 N–H and O–H groups in total. The van der Waals surface area contributed by atoms with E-state index >= 15 is 0 Å². The van der Waals surface area contributed by atoms with Gasteiger partial charge in [-0.2, -0.15) is 0 Å². The van der Waals surface area contributed by atoms with Crippen molar-refractivity contribution in [3.63, 3.8) is 0 Å². The fraction of sp³-hybridized carbons (Fsp3) is 0. The van der Waals surface area contributed by atoms with E-state index in [9.17, 15) is 0 Å². The third-order valence-electron chi connectivity index (χ3n) is 0. The summed E-state index contributed by atoms with van der Waals surface area (Å²) in [5.41, 5.74) is 0. The minimum absolute atomic E-state index is 1.30. The van der Waals surface area contributed by atoms with Crippen LogP contribution < -0.4 is 0 Å². The van der Waals surface area contributed by atoms with Crippen LogP contribution in [0.1, 0.15) is 0 Å². The van der Waals surface area contributed by atoms with Gasteiger partial charge in [-0.25, -0.2) is 0 Å². The maximum absolute atomic E-state index is 8.50. The van der Waals surface area contributed by atoms with Gasteiger partial charge in [-0.1, -0.05) is 0 Å². The van der Waals surface area contributed by atoms with Crippen molar-refractivity contribution in [2.75, 3.05) is 0 Å². The Bertz CT molecular complexity index is 36.2. The first-order chi connectivity index (χ1) is 2.41. The van der Waals surface area contributed by atoms with Gasteiger partial charge in [0.2, 0.25) is 0 Å². The zero-order valence-electron chi connectivity index (χ0n) is 2.06. The van der Waals surface area contributed by atoms with Crippen LogP contribution in [0.3, 0.4) is 0 Å². The quantitative estimate of drug-likeness (QED) is 0.500. The summed E-state index contributed by atoms with van der Waals surface area (Å²) in [6.45, 7) is 0. The second-order valence-electron chi connectivity index (χ2n) is 0.0833. The summed E-state index contributed by atoms with van der Waals surface area (Å²) >= 11 is -0.700. The van der Waals surface area contributed by atoms with Crippen LogP contribution in [0.15, 0.2) is 0 Å². The van der Waals surface area contributed by atoms with Crippen molar-refractivity contribution < 1.29 is 47.6 Å². The monoisotopic (exact) mass is 199 g/mol. The molecule has 0 aliphatic heterocycles. The summed E-state index contributed by atoms with van der Waals surface area (Å²) in [4.78, 5) is 0. The molecule has 0 aliphatic carbocycles. The minimum atomic E-state index is -2.00. The molecule has 0 saturated carbocycles. The maximum atomic E-state index is 8.50. The molecule has 0 saturated heterocycles. The number of hydrogen-bond donors (Lipinski definition) is 0. The van der Waals surface area contributed by atoms with E-state index in [2.05, 4.69) is 0 Å². The average molecular weight is 199 g/mol. The number of rotatable bonds is 0. The van der Waals surface area contributed by atoms with Crippen molar-refractivity contribution in [1.82, 2.24) is 0 Å². The van der Waals surface area contributed by atoms with Gasteiger partial charge in [0, 0.05) is 0 Å². The van der Waals surface area contributed by atoms with Crippen molar-refractivity contribution in [3.8, 4) is 0 Å². The first-order valence-corrected chi connectivity index (χ1v) is 2.49. The molecule has 0 bridgehead atoms. The molecular weight excluding hydrogens is 199 g/mol. The van der Waals surface area contributed by atoms with Crippen LogP contribution in [0.5, 0.6) is 0 Å². The zero-order valence-corrected chi connectivity index (χ0v) is 5.26. The summed E-state index contributed by atoms with van der Waals surface area (Å²) in [7, 11) is 0. The Morgan fingerprint density at radius 3 is 1.20 bits per heavy atom. The van der Waals surface area contributed by atoms with Crippen molar-refractivity contribution in [1.29, 1.82) is 0 Å². The standard InChI is InChI=1S/3O.Rh.Ti. The van der Waals surface area contributed by atoms with E-state index in [-0.39, 0.29) is 0 Å². The normalized spacial score (nSPS) is 2.60. The molecule has 0 radical (unpaired) electrons. The molecule has 0 aromatic heterocycles. The molecule has 0 spiro atoms. The van der Waals surface area contributed by atoms with Gasteiger partial charge in [-0.15, -0.1) is 0 Å². The van der Waals surface area contributed by atoms with Gasteiger partial charge in [0.25, 0.3) is 0 Å². The van der Waals surface area contributed by atoms with Crippen LogP contribution in [-0.2, 0) is 47.6 Å². The van der Waals surface area contributed by atoms with E-state index < -0.39 is 19.1 Å². The molecule has 0 aromatic rings. The average Bonchev–Trinajstić information content (AvgIpc) is 1.46. The zero-order chi connectivity index (χ0) is 4.71. The van der Waals surface area contributed by atoms with Gasteiger partial charge >= 0.3 is 47.6 Å². The van der Waals surface area contributed by atoms with Gasteiger partial charge in [-0.3, -0.25) is 0 Å². The van der Waals surface area contributed by atoms with Crippen LogP contribution in [-0.4, -0.2) is 0 Å². The molecule has 31 valence electrons. The molecule has 0 aromatic carbocycles. The van der Waals surface area contributed by atoms with E-state index in [4.69, 9.17) is 10.2 Å². The van der Waals surface area contributed by atoms with Gasteiger partial charge in [-0.05, 0) is 0 Å². The number of hydrogen-bond acceptors (Lipinski definition) is 3. The van der Waals surface area contributed by atoms with Gasteiger partial charge in [0.1, 0.15) is 0 Å². The predicted molar refractivity (Wildman–Crippen MR) is 2.06 cm³/mol. The molecule has 0 aliphatic rings. The van der Waals surface area contributed by atoms with E-state index in [1.165, 1.54) is 18.3 Å². The Morgan fingerprint density at radius 2 is 1.20 bits per heavy atom. The second kappa shape index (κ2) is 21.9. The van der Waals surface area contributed by atoms with Gasteiger partial charge in [0.15, 0.2) is 0 Å². The molecule has 0 rings (SSSR count). The van der Waals surface area contributed by atoms with Gasteiger partial charge < -0.3 is 0 Å². The van der Waals surface area contributed by atoms with Crippen LogP contribution in [0.4, 0.5) is 0 Å². The van der Waals surface area contributed by atoms with Crippen LogP contribution >= 0.6 is 0 Å². The Labute approximate surface area is 47.6 Å². The summed E-state index contributed by atoms with van der Waals surface area (Å²) in [6.07, 6.45) is 0. The second-order valence-corrected chi connectivity index (χ2v) is 0.344. The van der Waals surface area contributed by atoms with E-state index in [1.54, 1.807) is 0 Å². The topological polar surface area (TPSA) is 51.2 Å². The fourth-order valence-electron chi connectivity index (χ4n) is 0. The predicted octanol–water partition coefficient (Wildman–Crippen LogP) is -0.361. The molecule has 5 heavy (non-hydrogen) atoms.